The maximum atomic E-state index is 12.7. The van der Waals surface area contributed by atoms with Crippen molar-refractivity contribution in [2.45, 2.75) is 19.3 Å². The highest BCUT2D eigenvalue weighted by Crippen LogP contribution is 2.29. The minimum atomic E-state index is -0.0238. The van der Waals surface area contributed by atoms with Gasteiger partial charge in [0, 0.05) is 24.2 Å². The van der Waals surface area contributed by atoms with Gasteiger partial charge >= 0.3 is 0 Å². The number of fused-ring (bicyclic) bond motifs is 2. The van der Waals surface area contributed by atoms with Crippen LogP contribution in [-0.4, -0.2) is 14.4 Å². The summed E-state index contributed by atoms with van der Waals surface area (Å²) < 4.78 is 1.54. The molecule has 4 nitrogen and oxygen atoms in total. The lowest BCUT2D eigenvalue weighted by atomic mass is 9.91. The monoisotopic (exact) mass is 323 g/mol. The molecule has 0 N–H and O–H groups in total. The molecule has 0 saturated carbocycles. The Kier molecular flexibility index (Phi) is 3.46. The lowest BCUT2D eigenvalue weighted by molar-refractivity contribution is 0.787. The van der Waals surface area contributed by atoms with E-state index in [1.807, 2.05) is 18.3 Å². The highest BCUT2D eigenvalue weighted by molar-refractivity contribution is 6.30. The molecule has 4 rings (SSSR count). The third-order valence-electron chi connectivity index (χ3n) is 4.08. The predicted octanol–water partition coefficient (Wildman–Crippen LogP) is 3.62. The average molecular weight is 324 g/mol. The number of pyridine rings is 2. The number of halogens is 1. The molecule has 0 aromatic carbocycles. The summed E-state index contributed by atoms with van der Waals surface area (Å²) in [5, 5.41) is 0.531. The Balaban J connectivity index is 1.95. The molecule has 23 heavy (non-hydrogen) atoms. The molecule has 0 amide bonds. The molecule has 1 aliphatic rings. The van der Waals surface area contributed by atoms with Gasteiger partial charge in [0.2, 0.25) is 0 Å². The molecule has 0 atom stereocenters. The van der Waals surface area contributed by atoms with Crippen molar-refractivity contribution >= 4 is 28.9 Å². The summed E-state index contributed by atoms with van der Waals surface area (Å²) in [5.74, 6) is 0. The second-order valence-electron chi connectivity index (χ2n) is 5.63. The Bertz CT molecular complexity index is 977. The molecule has 1 aliphatic carbocycles. The maximum absolute atomic E-state index is 12.7. The fourth-order valence-corrected chi connectivity index (χ4v) is 3.18. The summed E-state index contributed by atoms with van der Waals surface area (Å²) in [6, 6.07) is 7.44. The van der Waals surface area contributed by atoms with E-state index in [2.05, 4.69) is 11.1 Å². The average Bonchev–Trinajstić information content (AvgIpc) is 2.57. The van der Waals surface area contributed by atoms with Crippen molar-refractivity contribution in [2.24, 2.45) is 0 Å². The largest absolute Gasteiger partial charge is 0.269 e. The smallest absolute Gasteiger partial charge is 0.261 e. The van der Waals surface area contributed by atoms with Crippen molar-refractivity contribution in [1.82, 2.24) is 14.4 Å². The van der Waals surface area contributed by atoms with Crippen LogP contribution in [0.25, 0.3) is 17.3 Å². The molecular weight excluding hydrogens is 310 g/mol. The summed E-state index contributed by atoms with van der Waals surface area (Å²) in [5.41, 5.74) is 4.29. The highest BCUT2D eigenvalue weighted by atomic mass is 35.5. The van der Waals surface area contributed by atoms with E-state index in [0.717, 1.165) is 41.7 Å². The number of nitrogens with zero attached hydrogens (tertiary/aromatic N) is 3. The first-order chi connectivity index (χ1) is 11.2. The van der Waals surface area contributed by atoms with E-state index >= 15 is 0 Å². The van der Waals surface area contributed by atoms with Crippen LogP contribution in [0, 0.1) is 0 Å². The van der Waals surface area contributed by atoms with Crippen LogP contribution in [0.15, 0.2) is 47.7 Å². The molecule has 3 aromatic rings. The van der Waals surface area contributed by atoms with Gasteiger partial charge in [-0.25, -0.2) is 4.98 Å². The summed E-state index contributed by atoms with van der Waals surface area (Å²) in [4.78, 5) is 21.6. The van der Waals surface area contributed by atoms with Crippen LogP contribution < -0.4 is 5.56 Å². The first-order valence-electron chi connectivity index (χ1n) is 7.54. The normalized spacial score (nSPS) is 15.8. The van der Waals surface area contributed by atoms with Gasteiger partial charge in [0.15, 0.2) is 0 Å². The van der Waals surface area contributed by atoms with Gasteiger partial charge in [-0.05, 0) is 54.7 Å². The third kappa shape index (κ3) is 2.55. The summed E-state index contributed by atoms with van der Waals surface area (Å²) in [6.45, 7) is 0. The number of allylic oxidation sites excluding steroid dienone is 1. The second-order valence-corrected chi connectivity index (χ2v) is 6.07. The fourth-order valence-electron chi connectivity index (χ4n) is 3.02. The van der Waals surface area contributed by atoms with Gasteiger partial charge in [-0.15, -0.1) is 0 Å². The summed E-state index contributed by atoms with van der Waals surface area (Å²) in [6.07, 6.45) is 9.88. The minimum absolute atomic E-state index is 0.0238. The number of hydrogen-bond donors (Lipinski definition) is 0. The van der Waals surface area contributed by atoms with Crippen LogP contribution in [0.1, 0.15) is 29.7 Å². The Morgan fingerprint density at radius 1 is 1.22 bits per heavy atom. The van der Waals surface area contributed by atoms with Crippen molar-refractivity contribution in [3.05, 3.63) is 75.1 Å². The van der Waals surface area contributed by atoms with E-state index in [1.54, 1.807) is 24.5 Å². The van der Waals surface area contributed by atoms with Crippen LogP contribution in [0.5, 0.6) is 0 Å². The van der Waals surface area contributed by atoms with E-state index in [-0.39, 0.29) is 5.56 Å². The lowest BCUT2D eigenvalue weighted by Gasteiger charge is -2.18. The van der Waals surface area contributed by atoms with E-state index < -0.39 is 0 Å². The zero-order valence-corrected chi connectivity index (χ0v) is 13.1. The van der Waals surface area contributed by atoms with E-state index in [0.29, 0.717) is 10.7 Å². The molecule has 0 fully saturated rings. The van der Waals surface area contributed by atoms with Crippen LogP contribution in [0.3, 0.4) is 0 Å². The standard InChI is InChI=1S/C18H14ClN3O/c19-14-6-7-16-21-17-13(9-12-3-2-8-20-10-12)4-1-5-15(17)18(23)22(16)11-14/h2-3,6-11H,1,4-5H2. The van der Waals surface area contributed by atoms with Crippen LogP contribution >= 0.6 is 11.6 Å². The second kappa shape index (κ2) is 5.63. The van der Waals surface area contributed by atoms with Crippen molar-refractivity contribution in [1.29, 1.82) is 0 Å². The predicted molar refractivity (Wildman–Crippen MR) is 91.5 cm³/mol. The number of aromatic nitrogens is 3. The number of rotatable bonds is 1. The molecule has 3 heterocycles. The Labute approximate surface area is 138 Å². The molecule has 114 valence electrons. The first kappa shape index (κ1) is 14.2. The molecule has 0 unspecified atom stereocenters. The van der Waals surface area contributed by atoms with Gasteiger partial charge in [-0.3, -0.25) is 14.2 Å². The highest BCUT2D eigenvalue weighted by Gasteiger charge is 2.20. The van der Waals surface area contributed by atoms with Crippen LogP contribution in [0.4, 0.5) is 0 Å². The van der Waals surface area contributed by atoms with E-state index in [4.69, 9.17) is 16.6 Å². The third-order valence-corrected chi connectivity index (χ3v) is 4.31. The molecule has 3 aromatic heterocycles. The van der Waals surface area contributed by atoms with Crippen LogP contribution in [0.2, 0.25) is 5.02 Å². The van der Waals surface area contributed by atoms with Crippen LogP contribution in [-0.2, 0) is 6.42 Å². The molecule has 0 aliphatic heterocycles. The Morgan fingerprint density at radius 2 is 2.13 bits per heavy atom. The Hall–Kier alpha value is -2.46. The molecule has 0 radical (unpaired) electrons. The van der Waals surface area contributed by atoms with Gasteiger partial charge in [0.1, 0.15) is 5.65 Å². The summed E-state index contributed by atoms with van der Waals surface area (Å²) >= 11 is 6.00. The van der Waals surface area contributed by atoms with E-state index in [1.165, 1.54) is 4.40 Å². The SMILES string of the molecule is O=c1c2c(nc3ccc(Cl)cn13)C(=Cc1cccnc1)CCC2. The molecule has 5 heteroatoms. The summed E-state index contributed by atoms with van der Waals surface area (Å²) in [7, 11) is 0. The molecule has 0 spiro atoms. The first-order valence-corrected chi connectivity index (χ1v) is 7.92. The number of hydrogen-bond acceptors (Lipinski definition) is 3. The minimum Gasteiger partial charge on any atom is -0.269 e. The zero-order valence-electron chi connectivity index (χ0n) is 12.4. The maximum Gasteiger partial charge on any atom is 0.261 e. The Morgan fingerprint density at radius 3 is 2.96 bits per heavy atom. The van der Waals surface area contributed by atoms with Gasteiger partial charge < -0.3 is 0 Å². The van der Waals surface area contributed by atoms with Crippen molar-refractivity contribution in [3.8, 4) is 0 Å². The fraction of sp³-hybridized carbons (Fsp3) is 0.167. The van der Waals surface area contributed by atoms with E-state index in [9.17, 15) is 4.79 Å². The van der Waals surface area contributed by atoms with Gasteiger partial charge in [0.25, 0.3) is 5.56 Å². The lowest BCUT2D eigenvalue weighted by Crippen LogP contribution is -2.24. The van der Waals surface area contributed by atoms with Gasteiger partial charge in [-0.1, -0.05) is 17.7 Å². The van der Waals surface area contributed by atoms with Crippen molar-refractivity contribution in [2.75, 3.05) is 0 Å². The van der Waals surface area contributed by atoms with Gasteiger partial charge in [-0.2, -0.15) is 0 Å². The molecular formula is C18H14ClN3O. The molecule has 0 bridgehead atoms. The zero-order chi connectivity index (χ0) is 15.8. The quantitative estimate of drug-likeness (QED) is 0.687. The topological polar surface area (TPSA) is 47.3 Å². The van der Waals surface area contributed by atoms with Crippen molar-refractivity contribution < 1.29 is 0 Å². The molecule has 0 saturated heterocycles. The van der Waals surface area contributed by atoms with Gasteiger partial charge in [0.05, 0.1) is 10.7 Å². The van der Waals surface area contributed by atoms with Crippen molar-refractivity contribution in [3.63, 3.8) is 0 Å².